The quantitative estimate of drug-likeness (QED) is 0.735. The Morgan fingerprint density at radius 3 is 2.57 bits per heavy atom. The van der Waals surface area contributed by atoms with Crippen LogP contribution in [0.15, 0.2) is 22.7 Å². The van der Waals surface area contributed by atoms with E-state index in [0.717, 1.165) is 11.3 Å². The molecule has 14 heavy (non-hydrogen) atoms. The van der Waals surface area contributed by atoms with Gasteiger partial charge in [0.2, 0.25) is 0 Å². The average molecular weight is 355 g/mol. The van der Waals surface area contributed by atoms with Crippen molar-refractivity contribution in [3.63, 3.8) is 0 Å². The van der Waals surface area contributed by atoms with E-state index in [-0.39, 0.29) is 21.1 Å². The van der Waals surface area contributed by atoms with Gasteiger partial charge in [0.05, 0.1) is 0 Å². The Morgan fingerprint density at radius 2 is 2.07 bits per heavy atom. The van der Waals surface area contributed by atoms with Gasteiger partial charge in [0.15, 0.2) is 0 Å². The van der Waals surface area contributed by atoms with Crippen molar-refractivity contribution >= 4 is 0 Å². The zero-order chi connectivity index (χ0) is 9.26. The van der Waals surface area contributed by atoms with Crippen molar-refractivity contribution in [3.05, 3.63) is 41.7 Å². The third kappa shape index (κ3) is 2.33. The monoisotopic (exact) mass is 355 g/mol. The van der Waals surface area contributed by atoms with E-state index in [1.54, 1.807) is 0 Å². The molecular formula is C11H9NOW. The first-order valence-electron chi connectivity index (χ1n) is 4.10. The molecule has 2 rings (SSSR count). The summed E-state index contributed by atoms with van der Waals surface area (Å²) in [7, 11) is 0. The Bertz CT molecular complexity index is 405. The van der Waals surface area contributed by atoms with Crippen LogP contribution >= 0.6 is 0 Å². The molecule has 1 aromatic carbocycles. The summed E-state index contributed by atoms with van der Waals surface area (Å²) >= 11 is 0. The molecule has 0 radical (unpaired) electrons. The predicted molar refractivity (Wildman–Crippen MR) is 49.1 cm³/mol. The van der Waals surface area contributed by atoms with Gasteiger partial charge < -0.3 is 4.52 Å². The first-order valence-corrected chi connectivity index (χ1v) is 4.10. The van der Waals surface area contributed by atoms with E-state index < -0.39 is 0 Å². The molecule has 0 saturated carbocycles. The molecule has 3 heteroatoms. The molecule has 0 N–H and O–H groups in total. The number of hydrogen-bond donors (Lipinski definition) is 0. The van der Waals surface area contributed by atoms with Crippen LogP contribution in [0.2, 0.25) is 0 Å². The number of benzene rings is 1. The molecule has 70 valence electrons. The summed E-state index contributed by atoms with van der Waals surface area (Å²) in [5.41, 5.74) is 2.82. The Kier molecular flexibility index (Phi) is 3.65. The van der Waals surface area contributed by atoms with Gasteiger partial charge in [-0.1, -0.05) is 6.92 Å². The number of aromatic nitrogens is 1. The van der Waals surface area contributed by atoms with Gasteiger partial charge >= 0.3 is 21.1 Å². The van der Waals surface area contributed by atoms with Crippen LogP contribution in [0, 0.1) is 26.0 Å². The molecule has 1 heterocycles. The van der Waals surface area contributed by atoms with Crippen LogP contribution in [0.4, 0.5) is 0 Å². The van der Waals surface area contributed by atoms with Crippen LogP contribution in [-0.4, -0.2) is 5.16 Å². The summed E-state index contributed by atoms with van der Waals surface area (Å²) in [4.78, 5) is 0. The molecule has 0 spiro atoms. The van der Waals surface area contributed by atoms with E-state index in [2.05, 4.69) is 17.3 Å². The van der Waals surface area contributed by atoms with Gasteiger partial charge in [-0.15, -0.1) is 11.3 Å². The number of nitrogens with zero attached hydrogens (tertiary/aromatic N) is 1. The van der Waals surface area contributed by atoms with Crippen molar-refractivity contribution in [2.45, 2.75) is 13.8 Å². The van der Waals surface area contributed by atoms with E-state index in [1.807, 2.05) is 32.0 Å². The Morgan fingerprint density at radius 1 is 1.29 bits per heavy atom. The van der Waals surface area contributed by atoms with Gasteiger partial charge in [-0.3, -0.25) is 5.56 Å². The van der Waals surface area contributed by atoms with E-state index in [9.17, 15) is 0 Å². The minimum absolute atomic E-state index is 0. The molecule has 0 aliphatic rings. The Labute approximate surface area is 97.6 Å². The molecule has 0 bridgehead atoms. The van der Waals surface area contributed by atoms with Gasteiger partial charge in [-0.2, -0.15) is 17.3 Å². The van der Waals surface area contributed by atoms with Gasteiger partial charge in [-0.05, 0) is 6.92 Å². The largest absolute Gasteiger partial charge is 2.00 e. The third-order valence-electron chi connectivity index (χ3n) is 1.79. The summed E-state index contributed by atoms with van der Waals surface area (Å²) in [5.74, 6) is 0.698. The van der Waals surface area contributed by atoms with Crippen LogP contribution in [0.3, 0.4) is 0 Å². The minimum Gasteiger partial charge on any atom is -0.395 e. The average Bonchev–Trinajstić information content (AvgIpc) is 2.53. The zero-order valence-corrected chi connectivity index (χ0v) is 10.9. The van der Waals surface area contributed by atoms with Crippen LogP contribution in [-0.2, 0) is 21.1 Å². The van der Waals surface area contributed by atoms with Crippen LogP contribution in [0.1, 0.15) is 11.3 Å². The summed E-state index contributed by atoms with van der Waals surface area (Å²) in [6.45, 7) is 3.85. The molecule has 0 unspecified atom stereocenters. The maximum absolute atomic E-state index is 4.92. The summed E-state index contributed by atoms with van der Waals surface area (Å²) in [6.07, 6.45) is 0. The summed E-state index contributed by atoms with van der Waals surface area (Å²) in [5, 5.41) is 3.85. The SMILES string of the molecule is Cc1c[c-]c(-c2[c-]c(C)on2)cc1.[W+2]. The first kappa shape index (κ1) is 11.2. The second kappa shape index (κ2) is 4.56. The van der Waals surface area contributed by atoms with Crippen molar-refractivity contribution in [1.82, 2.24) is 5.16 Å². The van der Waals surface area contributed by atoms with Crippen molar-refractivity contribution in [2.75, 3.05) is 0 Å². The third-order valence-corrected chi connectivity index (χ3v) is 1.79. The first-order chi connectivity index (χ1) is 6.25. The molecule has 0 amide bonds. The molecule has 2 aromatic rings. The van der Waals surface area contributed by atoms with Gasteiger partial charge in [0, 0.05) is 5.76 Å². The summed E-state index contributed by atoms with van der Waals surface area (Å²) in [6, 6.07) is 12.0. The number of hydrogen-bond acceptors (Lipinski definition) is 2. The molecule has 0 fully saturated rings. The van der Waals surface area contributed by atoms with Crippen molar-refractivity contribution in [1.29, 1.82) is 0 Å². The zero-order valence-electron chi connectivity index (χ0n) is 8.00. The second-order valence-electron chi connectivity index (χ2n) is 2.99. The van der Waals surface area contributed by atoms with Gasteiger partial charge in [0.1, 0.15) is 0 Å². The molecule has 0 saturated heterocycles. The molecule has 2 nitrogen and oxygen atoms in total. The topological polar surface area (TPSA) is 26.0 Å². The minimum atomic E-state index is 0. The van der Waals surface area contributed by atoms with Gasteiger partial charge in [-0.25, -0.2) is 18.2 Å². The smallest absolute Gasteiger partial charge is 0.395 e. The molecular weight excluding hydrogens is 346 g/mol. The molecule has 0 atom stereocenters. The van der Waals surface area contributed by atoms with Crippen molar-refractivity contribution in [2.24, 2.45) is 0 Å². The van der Waals surface area contributed by atoms with E-state index in [4.69, 9.17) is 4.52 Å². The predicted octanol–water partition coefficient (Wildman–Crippen LogP) is 2.56. The normalized spacial score (nSPS) is 9.57. The molecule has 1 aromatic heterocycles. The fourth-order valence-corrected chi connectivity index (χ4v) is 1.09. The Balaban J connectivity index is 0.000000980. The maximum Gasteiger partial charge on any atom is 2.00 e. The van der Waals surface area contributed by atoms with Crippen LogP contribution in [0.25, 0.3) is 11.3 Å². The van der Waals surface area contributed by atoms with E-state index >= 15 is 0 Å². The van der Waals surface area contributed by atoms with Crippen molar-refractivity contribution < 1.29 is 25.6 Å². The van der Waals surface area contributed by atoms with Crippen LogP contribution < -0.4 is 0 Å². The molecule has 0 aliphatic heterocycles. The fourth-order valence-electron chi connectivity index (χ4n) is 1.09. The molecule has 0 aliphatic carbocycles. The standard InChI is InChI=1S/C11H9NO.W/c1-8-3-5-10(6-4-8)11-7-9(2)13-12-11;/h3-5H,1-2H3;/q-2;+2. The van der Waals surface area contributed by atoms with E-state index in [0.29, 0.717) is 5.76 Å². The van der Waals surface area contributed by atoms with Crippen molar-refractivity contribution in [3.8, 4) is 11.3 Å². The van der Waals surface area contributed by atoms with Gasteiger partial charge in [0.25, 0.3) is 0 Å². The number of rotatable bonds is 1. The summed E-state index contributed by atoms with van der Waals surface area (Å²) < 4.78 is 4.92. The second-order valence-corrected chi connectivity index (χ2v) is 2.99. The fraction of sp³-hybridized carbons (Fsp3) is 0.182. The van der Waals surface area contributed by atoms with Crippen LogP contribution in [0.5, 0.6) is 0 Å². The van der Waals surface area contributed by atoms with E-state index in [1.165, 1.54) is 5.56 Å². The maximum atomic E-state index is 4.92. The Hall–Kier alpha value is -0.882. The number of aryl methyl sites for hydroxylation is 2.